The minimum absolute atomic E-state index is 0.0181. The van der Waals surface area contributed by atoms with Crippen molar-refractivity contribution in [1.82, 2.24) is 4.90 Å². The SMILES string of the molecule is COCCCN(CCC(=O)Nc1ccc(C)cc1C)C(C)=O. The van der Waals surface area contributed by atoms with Crippen LogP contribution < -0.4 is 5.32 Å². The van der Waals surface area contributed by atoms with E-state index in [1.807, 2.05) is 32.0 Å². The van der Waals surface area contributed by atoms with E-state index in [1.54, 1.807) is 12.0 Å². The van der Waals surface area contributed by atoms with Crippen LogP contribution in [-0.2, 0) is 14.3 Å². The Morgan fingerprint density at radius 3 is 2.55 bits per heavy atom. The molecular formula is C17H26N2O3. The molecule has 0 aliphatic rings. The minimum atomic E-state index is -0.0788. The van der Waals surface area contributed by atoms with Crippen molar-refractivity contribution in [2.75, 3.05) is 32.1 Å². The van der Waals surface area contributed by atoms with Gasteiger partial charge in [-0.05, 0) is 31.9 Å². The van der Waals surface area contributed by atoms with Crippen LogP contribution in [0.2, 0.25) is 0 Å². The zero-order valence-electron chi connectivity index (χ0n) is 13.9. The number of anilines is 1. The Bertz CT molecular complexity index is 515. The van der Waals surface area contributed by atoms with Gasteiger partial charge >= 0.3 is 0 Å². The molecule has 0 saturated carbocycles. The summed E-state index contributed by atoms with van der Waals surface area (Å²) in [6.07, 6.45) is 1.06. The van der Waals surface area contributed by atoms with E-state index >= 15 is 0 Å². The van der Waals surface area contributed by atoms with E-state index in [0.29, 0.717) is 26.1 Å². The molecule has 0 radical (unpaired) electrons. The van der Waals surface area contributed by atoms with Gasteiger partial charge in [0.25, 0.3) is 0 Å². The quantitative estimate of drug-likeness (QED) is 0.751. The molecule has 1 rings (SSSR count). The molecule has 0 bridgehead atoms. The van der Waals surface area contributed by atoms with Crippen molar-refractivity contribution in [3.63, 3.8) is 0 Å². The molecule has 0 aromatic heterocycles. The molecule has 0 spiro atoms. The van der Waals surface area contributed by atoms with Crippen LogP contribution in [0.15, 0.2) is 18.2 Å². The standard InChI is InChI=1S/C17H26N2O3/c1-13-6-7-16(14(2)12-13)18-17(21)8-10-19(15(3)20)9-5-11-22-4/h6-7,12H,5,8-11H2,1-4H3,(H,18,21). The predicted molar refractivity (Wildman–Crippen MR) is 87.9 cm³/mol. The van der Waals surface area contributed by atoms with Crippen LogP contribution in [0.5, 0.6) is 0 Å². The molecule has 0 aliphatic carbocycles. The maximum absolute atomic E-state index is 12.0. The van der Waals surface area contributed by atoms with Crippen molar-refractivity contribution < 1.29 is 14.3 Å². The number of nitrogens with one attached hydrogen (secondary N) is 1. The lowest BCUT2D eigenvalue weighted by atomic mass is 10.1. The molecular weight excluding hydrogens is 280 g/mol. The fourth-order valence-corrected chi connectivity index (χ4v) is 2.23. The van der Waals surface area contributed by atoms with Gasteiger partial charge in [-0.2, -0.15) is 0 Å². The van der Waals surface area contributed by atoms with Crippen LogP contribution in [0.4, 0.5) is 5.69 Å². The molecule has 1 aromatic rings. The van der Waals surface area contributed by atoms with Gasteiger partial charge in [0.1, 0.15) is 0 Å². The summed E-state index contributed by atoms with van der Waals surface area (Å²) in [7, 11) is 1.63. The molecule has 0 fully saturated rings. The molecule has 0 heterocycles. The normalized spacial score (nSPS) is 10.4. The second-order valence-electron chi connectivity index (χ2n) is 5.47. The van der Waals surface area contributed by atoms with E-state index < -0.39 is 0 Å². The summed E-state index contributed by atoms with van der Waals surface area (Å²) >= 11 is 0. The molecule has 0 saturated heterocycles. The fourth-order valence-electron chi connectivity index (χ4n) is 2.23. The Kier molecular flexibility index (Phi) is 7.60. The number of hydrogen-bond acceptors (Lipinski definition) is 3. The van der Waals surface area contributed by atoms with E-state index in [4.69, 9.17) is 4.74 Å². The van der Waals surface area contributed by atoms with Crippen LogP contribution >= 0.6 is 0 Å². The number of carbonyl (C=O) groups excluding carboxylic acids is 2. The lowest BCUT2D eigenvalue weighted by Gasteiger charge is -2.20. The van der Waals surface area contributed by atoms with Crippen LogP contribution in [-0.4, -0.2) is 43.5 Å². The lowest BCUT2D eigenvalue weighted by molar-refractivity contribution is -0.129. The molecule has 5 heteroatoms. The molecule has 0 aliphatic heterocycles. The van der Waals surface area contributed by atoms with Crippen LogP contribution in [0.25, 0.3) is 0 Å². The highest BCUT2D eigenvalue weighted by Crippen LogP contribution is 2.16. The van der Waals surface area contributed by atoms with Crippen molar-refractivity contribution in [2.45, 2.75) is 33.6 Å². The van der Waals surface area contributed by atoms with Gasteiger partial charge in [-0.3, -0.25) is 9.59 Å². The smallest absolute Gasteiger partial charge is 0.226 e. The Morgan fingerprint density at radius 2 is 1.95 bits per heavy atom. The van der Waals surface area contributed by atoms with E-state index in [-0.39, 0.29) is 11.8 Å². The van der Waals surface area contributed by atoms with Crippen molar-refractivity contribution in [3.05, 3.63) is 29.3 Å². The third-order valence-electron chi connectivity index (χ3n) is 3.49. The number of amides is 2. The van der Waals surface area contributed by atoms with Crippen molar-refractivity contribution in [2.24, 2.45) is 0 Å². The average molecular weight is 306 g/mol. The summed E-state index contributed by atoms with van der Waals surface area (Å²) in [6.45, 7) is 7.15. The summed E-state index contributed by atoms with van der Waals surface area (Å²) in [4.78, 5) is 25.3. The first-order valence-corrected chi connectivity index (χ1v) is 7.55. The van der Waals surface area contributed by atoms with Gasteiger partial charge in [-0.25, -0.2) is 0 Å². The Balaban J connectivity index is 2.47. The van der Waals surface area contributed by atoms with Gasteiger partial charge in [0.2, 0.25) is 11.8 Å². The Hall–Kier alpha value is -1.88. The number of methoxy groups -OCH3 is 1. The second kappa shape index (κ2) is 9.20. The fraction of sp³-hybridized carbons (Fsp3) is 0.529. The van der Waals surface area contributed by atoms with Gasteiger partial charge in [0.15, 0.2) is 0 Å². The van der Waals surface area contributed by atoms with Gasteiger partial charge in [-0.1, -0.05) is 17.7 Å². The molecule has 122 valence electrons. The minimum Gasteiger partial charge on any atom is -0.385 e. The van der Waals surface area contributed by atoms with E-state index in [2.05, 4.69) is 5.32 Å². The lowest BCUT2D eigenvalue weighted by Crippen LogP contribution is -2.33. The highest BCUT2D eigenvalue weighted by Gasteiger charge is 2.11. The molecule has 22 heavy (non-hydrogen) atoms. The molecule has 1 N–H and O–H groups in total. The van der Waals surface area contributed by atoms with Crippen LogP contribution in [0.1, 0.15) is 30.9 Å². The molecule has 2 amide bonds. The van der Waals surface area contributed by atoms with Crippen molar-refractivity contribution in [1.29, 1.82) is 0 Å². The average Bonchev–Trinajstić information content (AvgIpc) is 2.45. The number of carbonyl (C=O) groups is 2. The van der Waals surface area contributed by atoms with Gasteiger partial charge in [0, 0.05) is 45.8 Å². The van der Waals surface area contributed by atoms with Gasteiger partial charge in [-0.15, -0.1) is 0 Å². The predicted octanol–water partition coefficient (Wildman–Crippen LogP) is 2.52. The molecule has 1 aromatic carbocycles. The third kappa shape index (κ3) is 6.26. The van der Waals surface area contributed by atoms with Crippen LogP contribution in [0, 0.1) is 13.8 Å². The second-order valence-corrected chi connectivity index (χ2v) is 5.47. The zero-order chi connectivity index (χ0) is 16.5. The third-order valence-corrected chi connectivity index (χ3v) is 3.49. The summed E-state index contributed by atoms with van der Waals surface area (Å²) in [6, 6.07) is 5.90. The zero-order valence-corrected chi connectivity index (χ0v) is 13.9. The summed E-state index contributed by atoms with van der Waals surface area (Å²) < 4.78 is 4.98. The van der Waals surface area contributed by atoms with Crippen molar-refractivity contribution in [3.8, 4) is 0 Å². The Morgan fingerprint density at radius 1 is 1.23 bits per heavy atom. The number of nitrogens with zero attached hydrogens (tertiary/aromatic N) is 1. The van der Waals surface area contributed by atoms with Crippen LogP contribution in [0.3, 0.4) is 0 Å². The highest BCUT2D eigenvalue weighted by molar-refractivity contribution is 5.91. The van der Waals surface area contributed by atoms with E-state index in [1.165, 1.54) is 6.92 Å². The molecule has 0 atom stereocenters. The number of rotatable bonds is 8. The highest BCUT2D eigenvalue weighted by atomic mass is 16.5. The first kappa shape index (κ1) is 18.2. The topological polar surface area (TPSA) is 58.6 Å². The summed E-state index contributed by atoms with van der Waals surface area (Å²) in [5, 5.41) is 2.90. The monoisotopic (exact) mass is 306 g/mol. The summed E-state index contributed by atoms with van der Waals surface area (Å²) in [5.74, 6) is -0.0969. The number of aryl methyl sites for hydroxylation is 2. The van der Waals surface area contributed by atoms with E-state index in [9.17, 15) is 9.59 Å². The number of ether oxygens (including phenoxy) is 1. The molecule has 5 nitrogen and oxygen atoms in total. The van der Waals surface area contributed by atoms with Gasteiger partial charge < -0.3 is 15.0 Å². The van der Waals surface area contributed by atoms with E-state index in [0.717, 1.165) is 23.2 Å². The number of benzene rings is 1. The summed E-state index contributed by atoms with van der Waals surface area (Å²) in [5.41, 5.74) is 3.03. The van der Waals surface area contributed by atoms with Gasteiger partial charge in [0.05, 0.1) is 0 Å². The first-order valence-electron chi connectivity index (χ1n) is 7.55. The van der Waals surface area contributed by atoms with Crippen molar-refractivity contribution >= 4 is 17.5 Å². The maximum atomic E-state index is 12.0. The maximum Gasteiger partial charge on any atom is 0.226 e. The number of hydrogen-bond donors (Lipinski definition) is 1. The molecule has 0 unspecified atom stereocenters. The first-order chi connectivity index (χ1) is 10.4. The largest absolute Gasteiger partial charge is 0.385 e. The Labute approximate surface area is 132 Å².